The number of nitrogens with one attached hydrogen (secondary N) is 2. The van der Waals surface area contributed by atoms with Crippen molar-refractivity contribution in [3.05, 3.63) is 56.5 Å². The molecular weight excluding hydrogens is 547 g/mol. The maximum absolute atomic E-state index is 12.7. The number of rotatable bonds is 7. The van der Waals surface area contributed by atoms with Crippen molar-refractivity contribution in [1.82, 2.24) is 5.43 Å². The number of halogens is 5. The minimum absolute atomic E-state index is 0.0143. The summed E-state index contributed by atoms with van der Waals surface area (Å²) < 4.78 is 45.2. The van der Waals surface area contributed by atoms with Gasteiger partial charge in [0.2, 0.25) is 5.91 Å². The molecule has 0 aliphatic heterocycles. The first-order chi connectivity index (χ1) is 14.5. The van der Waals surface area contributed by atoms with Gasteiger partial charge in [-0.3, -0.25) is 9.59 Å². The van der Waals surface area contributed by atoms with E-state index in [-0.39, 0.29) is 24.4 Å². The van der Waals surface area contributed by atoms with Crippen LogP contribution < -0.4 is 15.5 Å². The molecule has 0 saturated carbocycles. The van der Waals surface area contributed by atoms with E-state index in [0.717, 1.165) is 22.2 Å². The van der Waals surface area contributed by atoms with Crippen molar-refractivity contribution in [3.8, 4) is 5.75 Å². The molecule has 0 unspecified atom stereocenters. The van der Waals surface area contributed by atoms with Gasteiger partial charge in [0.15, 0.2) is 6.61 Å². The molecule has 31 heavy (non-hydrogen) atoms. The Bertz CT molecular complexity index is 1010. The van der Waals surface area contributed by atoms with E-state index in [1.54, 1.807) is 12.1 Å². The number of anilines is 1. The molecule has 2 amide bonds. The number of hydrogen-bond donors (Lipinski definition) is 2. The quantitative estimate of drug-likeness (QED) is 0.347. The van der Waals surface area contributed by atoms with Gasteiger partial charge in [-0.15, -0.1) is 0 Å². The Morgan fingerprint density at radius 2 is 1.81 bits per heavy atom. The summed E-state index contributed by atoms with van der Waals surface area (Å²) in [6.07, 6.45) is -4.72. The van der Waals surface area contributed by atoms with E-state index in [9.17, 15) is 22.8 Å². The summed E-state index contributed by atoms with van der Waals surface area (Å²) in [6, 6.07) is 7.85. The second kappa shape index (κ2) is 10.8. The number of carbonyl (C=O) groups excluding carboxylic acids is 2. The molecule has 6 nitrogen and oxygen atoms in total. The standard InChI is InChI=1S/C20H18Br2F3N3O3/c1-11-6-17(16(22)9-15(11)21)31-10-19(30)28-27-12(2)7-18(29)26-14-5-3-4-13(8-14)20(23,24)25/h3-6,8-9H,7,10H2,1-2H3,(H,26,29)(H,28,30)/b27-12-. The van der Waals surface area contributed by atoms with Crippen LogP contribution in [0.2, 0.25) is 0 Å². The first kappa shape index (κ1) is 24.9. The lowest BCUT2D eigenvalue weighted by atomic mass is 10.2. The summed E-state index contributed by atoms with van der Waals surface area (Å²) in [4.78, 5) is 23.9. The summed E-state index contributed by atoms with van der Waals surface area (Å²) in [6.45, 7) is 3.08. The van der Waals surface area contributed by atoms with Crippen LogP contribution in [0.15, 0.2) is 50.4 Å². The lowest BCUT2D eigenvalue weighted by Crippen LogP contribution is -2.26. The molecule has 0 radical (unpaired) electrons. The van der Waals surface area contributed by atoms with Crippen LogP contribution in [0.25, 0.3) is 0 Å². The van der Waals surface area contributed by atoms with Gasteiger partial charge in [0.05, 0.1) is 16.5 Å². The third kappa shape index (κ3) is 7.98. The first-order valence-electron chi connectivity index (χ1n) is 8.83. The molecule has 0 fully saturated rings. The van der Waals surface area contributed by atoms with Gasteiger partial charge < -0.3 is 10.1 Å². The second-order valence-electron chi connectivity index (χ2n) is 6.51. The van der Waals surface area contributed by atoms with Crippen LogP contribution in [0.4, 0.5) is 18.9 Å². The molecule has 0 atom stereocenters. The maximum Gasteiger partial charge on any atom is 0.416 e. The van der Waals surface area contributed by atoms with Crippen LogP contribution in [-0.4, -0.2) is 24.1 Å². The van der Waals surface area contributed by atoms with Gasteiger partial charge in [-0.2, -0.15) is 18.3 Å². The van der Waals surface area contributed by atoms with Crippen LogP contribution in [0.3, 0.4) is 0 Å². The molecule has 0 aliphatic carbocycles. The molecule has 2 aromatic carbocycles. The van der Waals surface area contributed by atoms with Crippen LogP contribution in [-0.2, 0) is 15.8 Å². The third-order valence-electron chi connectivity index (χ3n) is 3.83. The lowest BCUT2D eigenvalue weighted by Gasteiger charge is -2.10. The Balaban J connectivity index is 1.85. The number of amides is 2. The predicted octanol–water partition coefficient (Wildman–Crippen LogP) is 5.44. The smallest absolute Gasteiger partial charge is 0.416 e. The topological polar surface area (TPSA) is 79.8 Å². The number of hydrazone groups is 1. The van der Waals surface area contributed by atoms with Gasteiger partial charge in [-0.1, -0.05) is 22.0 Å². The highest BCUT2D eigenvalue weighted by Gasteiger charge is 2.30. The molecule has 0 bridgehead atoms. The van der Waals surface area contributed by atoms with Crippen molar-refractivity contribution >= 4 is 55.1 Å². The van der Waals surface area contributed by atoms with Crippen molar-refractivity contribution in [2.75, 3.05) is 11.9 Å². The van der Waals surface area contributed by atoms with E-state index in [4.69, 9.17) is 4.74 Å². The number of carbonyl (C=O) groups is 2. The first-order valence-corrected chi connectivity index (χ1v) is 10.4. The van der Waals surface area contributed by atoms with Gasteiger partial charge in [0.25, 0.3) is 5.91 Å². The Labute approximate surface area is 193 Å². The number of hydrogen-bond acceptors (Lipinski definition) is 4. The van der Waals surface area contributed by atoms with Crippen molar-refractivity contribution in [3.63, 3.8) is 0 Å². The Morgan fingerprint density at radius 3 is 2.48 bits per heavy atom. The van der Waals surface area contributed by atoms with Crippen molar-refractivity contribution in [2.24, 2.45) is 5.10 Å². The zero-order chi connectivity index (χ0) is 23.2. The molecule has 11 heteroatoms. The fourth-order valence-corrected chi connectivity index (χ4v) is 3.43. The molecule has 0 aromatic heterocycles. The average Bonchev–Trinajstić information content (AvgIpc) is 2.67. The average molecular weight is 565 g/mol. The monoisotopic (exact) mass is 563 g/mol. The number of nitrogens with zero attached hydrogens (tertiary/aromatic N) is 1. The summed E-state index contributed by atoms with van der Waals surface area (Å²) in [5.74, 6) is -0.623. The molecule has 0 heterocycles. The maximum atomic E-state index is 12.7. The van der Waals surface area contributed by atoms with E-state index < -0.39 is 23.6 Å². The number of benzene rings is 2. The molecular formula is C20H18Br2F3N3O3. The van der Waals surface area contributed by atoms with Crippen molar-refractivity contribution < 1.29 is 27.5 Å². The highest BCUT2D eigenvalue weighted by molar-refractivity contribution is 9.11. The zero-order valence-electron chi connectivity index (χ0n) is 16.4. The minimum Gasteiger partial charge on any atom is -0.483 e. The largest absolute Gasteiger partial charge is 0.483 e. The number of alkyl halides is 3. The van der Waals surface area contributed by atoms with Crippen LogP contribution in [0.5, 0.6) is 5.75 Å². The van der Waals surface area contributed by atoms with Gasteiger partial charge >= 0.3 is 6.18 Å². The minimum atomic E-state index is -4.50. The van der Waals surface area contributed by atoms with E-state index in [2.05, 4.69) is 47.7 Å². The summed E-state index contributed by atoms with van der Waals surface area (Å²) in [7, 11) is 0. The van der Waals surface area contributed by atoms with Crippen LogP contribution >= 0.6 is 31.9 Å². The highest BCUT2D eigenvalue weighted by Crippen LogP contribution is 2.31. The van der Waals surface area contributed by atoms with Gasteiger partial charge in [-0.25, -0.2) is 5.43 Å². The van der Waals surface area contributed by atoms with E-state index in [1.807, 2.05) is 6.92 Å². The molecule has 0 saturated heterocycles. The lowest BCUT2D eigenvalue weighted by molar-refractivity contribution is -0.137. The predicted molar refractivity (Wildman–Crippen MR) is 118 cm³/mol. The molecule has 166 valence electrons. The Morgan fingerprint density at radius 1 is 1.10 bits per heavy atom. The molecule has 0 spiro atoms. The van der Waals surface area contributed by atoms with Gasteiger partial charge in [-0.05, 0) is 65.7 Å². The summed E-state index contributed by atoms with van der Waals surface area (Å²) in [5.41, 5.74) is 2.61. The zero-order valence-corrected chi connectivity index (χ0v) is 19.6. The van der Waals surface area contributed by atoms with E-state index in [1.165, 1.54) is 19.1 Å². The normalized spacial score (nSPS) is 11.8. The third-order valence-corrected chi connectivity index (χ3v) is 5.31. The molecule has 2 N–H and O–H groups in total. The Kier molecular flexibility index (Phi) is 8.63. The highest BCUT2D eigenvalue weighted by atomic mass is 79.9. The summed E-state index contributed by atoms with van der Waals surface area (Å²) >= 11 is 6.73. The SMILES string of the molecule is C/C(CC(=O)Nc1cccc(C(F)(F)F)c1)=N/NC(=O)COc1cc(C)c(Br)cc1Br. The number of aryl methyl sites for hydroxylation is 1. The van der Waals surface area contributed by atoms with E-state index >= 15 is 0 Å². The second-order valence-corrected chi connectivity index (χ2v) is 8.21. The fraction of sp³-hybridized carbons (Fsp3) is 0.250. The Hall–Kier alpha value is -2.40. The molecule has 2 aromatic rings. The molecule has 2 rings (SSSR count). The van der Waals surface area contributed by atoms with Gasteiger partial charge in [0, 0.05) is 15.9 Å². The van der Waals surface area contributed by atoms with Crippen LogP contribution in [0.1, 0.15) is 24.5 Å². The van der Waals surface area contributed by atoms with E-state index in [0.29, 0.717) is 10.2 Å². The van der Waals surface area contributed by atoms with Gasteiger partial charge in [0.1, 0.15) is 5.75 Å². The van der Waals surface area contributed by atoms with Crippen LogP contribution in [0, 0.1) is 6.92 Å². The van der Waals surface area contributed by atoms with Crippen molar-refractivity contribution in [2.45, 2.75) is 26.4 Å². The van der Waals surface area contributed by atoms with Crippen molar-refractivity contribution in [1.29, 1.82) is 0 Å². The number of ether oxygens (including phenoxy) is 1. The summed E-state index contributed by atoms with van der Waals surface area (Å²) in [5, 5.41) is 6.18. The molecule has 0 aliphatic rings. The fourth-order valence-electron chi connectivity index (χ4n) is 2.33.